The van der Waals surface area contributed by atoms with E-state index in [-0.39, 0.29) is 12.4 Å². The first-order valence-electron chi connectivity index (χ1n) is 8.67. The van der Waals surface area contributed by atoms with Gasteiger partial charge in [-0.3, -0.25) is 4.79 Å². The summed E-state index contributed by atoms with van der Waals surface area (Å²) in [5.41, 5.74) is 1.98. The number of benzene rings is 3. The van der Waals surface area contributed by atoms with Gasteiger partial charge < -0.3 is 4.74 Å². The molecule has 5 heteroatoms. The standard InChI is InChI=1S/C22H21NO3S/c1-17-12-14-20(15-13-17)27(25)23-21(18-8-4-2-5-9-18)16-22(24)26-19-10-6-3-7-11-19/h2-15,21,23H,16H2,1H3/t21-,27-/m0/s1. The molecule has 0 radical (unpaired) electrons. The van der Waals surface area contributed by atoms with Crippen LogP contribution in [0.25, 0.3) is 0 Å². The highest BCUT2D eigenvalue weighted by Crippen LogP contribution is 2.21. The first-order valence-corrected chi connectivity index (χ1v) is 9.82. The van der Waals surface area contributed by atoms with Gasteiger partial charge in [0.1, 0.15) is 16.7 Å². The van der Waals surface area contributed by atoms with E-state index in [9.17, 15) is 9.00 Å². The van der Waals surface area contributed by atoms with Crippen LogP contribution in [0.5, 0.6) is 5.75 Å². The minimum absolute atomic E-state index is 0.0660. The van der Waals surface area contributed by atoms with Crippen LogP contribution < -0.4 is 9.46 Å². The average Bonchev–Trinajstić information content (AvgIpc) is 2.69. The highest BCUT2D eigenvalue weighted by molar-refractivity contribution is 7.83. The van der Waals surface area contributed by atoms with Gasteiger partial charge in [0.15, 0.2) is 0 Å². The number of aryl methyl sites for hydroxylation is 1. The maximum Gasteiger partial charge on any atom is 0.313 e. The molecule has 0 unspecified atom stereocenters. The molecule has 0 spiro atoms. The van der Waals surface area contributed by atoms with Crippen LogP contribution in [0.3, 0.4) is 0 Å². The van der Waals surface area contributed by atoms with Crippen LogP contribution in [0.2, 0.25) is 0 Å². The molecule has 1 N–H and O–H groups in total. The maximum absolute atomic E-state index is 12.7. The summed E-state index contributed by atoms with van der Waals surface area (Å²) < 4.78 is 21.2. The third-order valence-corrected chi connectivity index (χ3v) is 5.23. The number of hydrogen-bond donors (Lipinski definition) is 1. The lowest BCUT2D eigenvalue weighted by atomic mass is 10.1. The third kappa shape index (κ3) is 5.61. The number of ether oxygens (including phenoxy) is 1. The molecule has 0 aliphatic rings. The van der Waals surface area contributed by atoms with E-state index in [2.05, 4.69) is 4.72 Å². The third-order valence-electron chi connectivity index (χ3n) is 4.03. The fourth-order valence-corrected chi connectivity index (χ4v) is 3.60. The molecule has 3 rings (SSSR count). The number of esters is 1. The summed E-state index contributed by atoms with van der Waals surface area (Å²) in [6.45, 7) is 1.98. The van der Waals surface area contributed by atoms with Crippen molar-refractivity contribution >= 4 is 17.0 Å². The lowest BCUT2D eigenvalue weighted by molar-refractivity contribution is -0.134. The summed E-state index contributed by atoms with van der Waals surface area (Å²) >= 11 is 0. The van der Waals surface area contributed by atoms with E-state index >= 15 is 0 Å². The summed E-state index contributed by atoms with van der Waals surface area (Å²) in [6.07, 6.45) is 0.0660. The van der Waals surface area contributed by atoms with Gasteiger partial charge in [-0.2, -0.15) is 0 Å². The molecule has 0 saturated carbocycles. The summed E-state index contributed by atoms with van der Waals surface area (Å²) in [6, 6.07) is 25.5. The van der Waals surface area contributed by atoms with Gasteiger partial charge in [-0.15, -0.1) is 0 Å². The van der Waals surface area contributed by atoms with Gasteiger partial charge in [0.05, 0.1) is 17.4 Å². The Morgan fingerprint density at radius 2 is 1.52 bits per heavy atom. The van der Waals surface area contributed by atoms with E-state index in [1.807, 2.05) is 79.7 Å². The van der Waals surface area contributed by atoms with Gasteiger partial charge in [-0.1, -0.05) is 66.2 Å². The number of carbonyl (C=O) groups excluding carboxylic acids is 1. The molecular weight excluding hydrogens is 358 g/mol. The molecule has 0 saturated heterocycles. The van der Waals surface area contributed by atoms with Crippen molar-refractivity contribution in [2.75, 3.05) is 0 Å². The number of carbonyl (C=O) groups is 1. The normalized spacial score (nSPS) is 12.9. The lowest BCUT2D eigenvalue weighted by Crippen LogP contribution is -2.27. The summed E-state index contributed by atoms with van der Waals surface area (Å²) in [5.74, 6) is 0.109. The monoisotopic (exact) mass is 379 g/mol. The average molecular weight is 379 g/mol. The smallest absolute Gasteiger partial charge is 0.313 e. The van der Waals surface area contributed by atoms with Crippen molar-refractivity contribution in [2.45, 2.75) is 24.3 Å². The molecule has 27 heavy (non-hydrogen) atoms. The van der Waals surface area contributed by atoms with Crippen LogP contribution in [0.15, 0.2) is 89.8 Å². The molecule has 0 fully saturated rings. The Hall–Kier alpha value is -2.76. The van der Waals surface area contributed by atoms with Gasteiger partial charge in [-0.05, 0) is 36.8 Å². The fraction of sp³-hybridized carbons (Fsp3) is 0.136. The van der Waals surface area contributed by atoms with E-state index in [4.69, 9.17) is 4.74 Å². The minimum Gasteiger partial charge on any atom is -0.426 e. The van der Waals surface area contributed by atoms with Crippen LogP contribution in [0.4, 0.5) is 0 Å². The Bertz CT molecular complexity index is 896. The maximum atomic E-state index is 12.7. The quantitative estimate of drug-likeness (QED) is 0.491. The second kappa shape index (κ2) is 9.26. The summed E-state index contributed by atoms with van der Waals surface area (Å²) in [7, 11) is -1.44. The number of nitrogens with one attached hydrogen (secondary N) is 1. The first kappa shape index (κ1) is 19.0. The fourth-order valence-electron chi connectivity index (χ4n) is 2.60. The second-order valence-corrected chi connectivity index (χ2v) is 7.40. The molecule has 0 aromatic heterocycles. The van der Waals surface area contributed by atoms with Crippen molar-refractivity contribution in [3.8, 4) is 5.75 Å². The molecule has 0 bridgehead atoms. The Morgan fingerprint density at radius 1 is 0.926 bits per heavy atom. The Kier molecular flexibility index (Phi) is 6.52. The minimum atomic E-state index is -1.44. The van der Waals surface area contributed by atoms with Crippen molar-refractivity contribution in [1.29, 1.82) is 0 Å². The number of rotatable bonds is 7. The van der Waals surface area contributed by atoms with Crippen molar-refractivity contribution in [3.05, 3.63) is 96.1 Å². The van der Waals surface area contributed by atoms with Crippen LogP contribution in [0, 0.1) is 6.92 Å². The Labute approximate surface area is 161 Å². The van der Waals surface area contributed by atoms with Crippen LogP contribution in [-0.2, 0) is 15.8 Å². The van der Waals surface area contributed by atoms with Gasteiger partial charge in [0.25, 0.3) is 0 Å². The first-order chi connectivity index (χ1) is 13.1. The van der Waals surface area contributed by atoms with Crippen molar-refractivity contribution in [1.82, 2.24) is 4.72 Å². The van der Waals surface area contributed by atoms with Gasteiger partial charge in [0.2, 0.25) is 0 Å². The Balaban J connectivity index is 1.74. The van der Waals surface area contributed by atoms with Gasteiger partial charge in [-0.25, -0.2) is 8.93 Å². The molecule has 0 heterocycles. The summed E-state index contributed by atoms with van der Waals surface area (Å²) in [4.78, 5) is 13.1. The van der Waals surface area contributed by atoms with Gasteiger partial charge in [0, 0.05) is 0 Å². The van der Waals surface area contributed by atoms with E-state index in [1.54, 1.807) is 12.1 Å². The number of hydrogen-bond acceptors (Lipinski definition) is 3. The highest BCUT2D eigenvalue weighted by atomic mass is 32.2. The molecular formula is C22H21NO3S. The number of para-hydroxylation sites is 1. The molecule has 0 aliphatic heterocycles. The molecule has 0 amide bonds. The highest BCUT2D eigenvalue weighted by Gasteiger charge is 2.20. The SMILES string of the molecule is Cc1ccc([S@](=O)N[C@@H](CC(=O)Oc2ccccc2)c2ccccc2)cc1. The molecule has 3 aromatic carbocycles. The predicted octanol–water partition coefficient (Wildman–Crippen LogP) is 4.34. The van der Waals surface area contributed by atoms with Crippen molar-refractivity contribution in [3.63, 3.8) is 0 Å². The predicted molar refractivity (Wildman–Crippen MR) is 107 cm³/mol. The van der Waals surface area contributed by atoms with Crippen LogP contribution in [0.1, 0.15) is 23.6 Å². The van der Waals surface area contributed by atoms with Crippen LogP contribution in [-0.4, -0.2) is 10.2 Å². The van der Waals surface area contributed by atoms with E-state index in [0.717, 1.165) is 11.1 Å². The van der Waals surface area contributed by atoms with Crippen LogP contribution >= 0.6 is 0 Å². The molecule has 4 nitrogen and oxygen atoms in total. The summed E-state index contributed by atoms with van der Waals surface area (Å²) in [5, 5.41) is 0. The van der Waals surface area contributed by atoms with Crippen molar-refractivity contribution in [2.24, 2.45) is 0 Å². The largest absolute Gasteiger partial charge is 0.426 e. The van der Waals surface area contributed by atoms with Gasteiger partial charge >= 0.3 is 5.97 Å². The Morgan fingerprint density at radius 3 is 2.15 bits per heavy atom. The molecule has 2 atom stereocenters. The van der Waals surface area contributed by atoms with E-state index in [0.29, 0.717) is 10.6 Å². The topological polar surface area (TPSA) is 55.4 Å². The van der Waals surface area contributed by atoms with E-state index < -0.39 is 17.0 Å². The molecule has 3 aromatic rings. The zero-order chi connectivity index (χ0) is 19.1. The zero-order valence-electron chi connectivity index (χ0n) is 15.0. The zero-order valence-corrected chi connectivity index (χ0v) is 15.8. The molecule has 138 valence electrons. The van der Waals surface area contributed by atoms with E-state index in [1.165, 1.54) is 0 Å². The van der Waals surface area contributed by atoms with Crippen molar-refractivity contribution < 1.29 is 13.7 Å². The lowest BCUT2D eigenvalue weighted by Gasteiger charge is -2.18. The second-order valence-electron chi connectivity index (χ2n) is 6.15. The molecule has 0 aliphatic carbocycles.